The molecule has 0 spiro atoms. The highest BCUT2D eigenvalue weighted by molar-refractivity contribution is 6.06. The molecule has 0 amide bonds. The van der Waals surface area contributed by atoms with E-state index in [1.165, 1.54) is 6.92 Å². The zero-order valence-electron chi connectivity index (χ0n) is 10.6. The molecule has 0 saturated heterocycles. The van der Waals surface area contributed by atoms with Gasteiger partial charge in [-0.15, -0.1) is 0 Å². The molecule has 4 nitrogen and oxygen atoms in total. The molecule has 1 saturated carbocycles. The number of carbonyl (C=O) groups excluding carboxylic acids is 3. The van der Waals surface area contributed by atoms with Crippen LogP contribution in [0.4, 0.5) is 0 Å². The molecule has 1 rings (SSSR count). The Bertz CT molecular complexity index is 321. The van der Waals surface area contributed by atoms with Crippen LogP contribution in [0.5, 0.6) is 0 Å². The molecule has 0 bridgehead atoms. The number of esters is 1. The average molecular weight is 240 g/mol. The summed E-state index contributed by atoms with van der Waals surface area (Å²) in [5.41, 5.74) is -0.912. The number of ketones is 2. The minimum atomic E-state index is -0.912. The number of hydrogen-bond acceptors (Lipinski definition) is 4. The Hall–Kier alpha value is -1.19. The lowest BCUT2D eigenvalue weighted by Crippen LogP contribution is -2.41. The molecule has 0 N–H and O–H groups in total. The van der Waals surface area contributed by atoms with Crippen molar-refractivity contribution >= 4 is 17.5 Å². The van der Waals surface area contributed by atoms with E-state index in [9.17, 15) is 14.4 Å². The third kappa shape index (κ3) is 3.14. The normalized spacial score (nSPS) is 24.5. The fourth-order valence-corrected chi connectivity index (χ4v) is 2.45. The second-order valence-corrected chi connectivity index (χ2v) is 4.57. The Morgan fingerprint density at radius 3 is 2.59 bits per heavy atom. The summed E-state index contributed by atoms with van der Waals surface area (Å²) in [5.74, 6) is -0.432. The summed E-state index contributed by atoms with van der Waals surface area (Å²) in [6, 6.07) is 0. The highest BCUT2D eigenvalue weighted by Crippen LogP contribution is 2.38. The van der Waals surface area contributed by atoms with Crippen LogP contribution in [-0.2, 0) is 19.1 Å². The minimum absolute atomic E-state index is 0.000508. The van der Waals surface area contributed by atoms with Crippen LogP contribution in [0, 0.1) is 5.41 Å². The third-order valence-corrected chi connectivity index (χ3v) is 3.53. The summed E-state index contributed by atoms with van der Waals surface area (Å²) >= 11 is 0. The zero-order valence-corrected chi connectivity index (χ0v) is 10.6. The van der Waals surface area contributed by atoms with E-state index >= 15 is 0 Å². The molecule has 1 aliphatic carbocycles. The predicted molar refractivity (Wildman–Crippen MR) is 62.5 cm³/mol. The minimum Gasteiger partial charge on any atom is -0.466 e. The number of carbonyl (C=O) groups is 3. The van der Waals surface area contributed by atoms with Crippen LogP contribution in [0.15, 0.2) is 0 Å². The zero-order chi connectivity index (χ0) is 12.9. The van der Waals surface area contributed by atoms with Crippen LogP contribution in [0.2, 0.25) is 0 Å². The van der Waals surface area contributed by atoms with Gasteiger partial charge < -0.3 is 4.74 Å². The van der Waals surface area contributed by atoms with Crippen LogP contribution in [0.25, 0.3) is 0 Å². The maximum absolute atomic E-state index is 12.0. The van der Waals surface area contributed by atoms with Crippen molar-refractivity contribution in [3.8, 4) is 0 Å². The summed E-state index contributed by atoms with van der Waals surface area (Å²) in [5, 5.41) is 0. The van der Waals surface area contributed by atoms with Crippen molar-refractivity contribution in [1.29, 1.82) is 0 Å². The number of ether oxygens (including phenoxy) is 1. The third-order valence-electron chi connectivity index (χ3n) is 3.53. The van der Waals surface area contributed by atoms with Gasteiger partial charge in [0.15, 0.2) is 0 Å². The van der Waals surface area contributed by atoms with Crippen LogP contribution < -0.4 is 0 Å². The maximum Gasteiger partial charge on any atom is 0.305 e. The van der Waals surface area contributed by atoms with Gasteiger partial charge in [-0.25, -0.2) is 0 Å². The van der Waals surface area contributed by atoms with E-state index in [0.717, 1.165) is 12.8 Å². The van der Waals surface area contributed by atoms with Gasteiger partial charge in [-0.05, 0) is 33.1 Å². The largest absolute Gasteiger partial charge is 0.466 e. The second kappa shape index (κ2) is 5.94. The number of rotatable bonds is 5. The quantitative estimate of drug-likeness (QED) is 0.545. The molecule has 0 aromatic heterocycles. The van der Waals surface area contributed by atoms with Crippen molar-refractivity contribution in [2.24, 2.45) is 5.41 Å². The van der Waals surface area contributed by atoms with Gasteiger partial charge in [0.1, 0.15) is 11.6 Å². The standard InChI is InChI=1S/C13H20O4/c1-3-17-12(16)7-9-13(10(2)14)8-5-4-6-11(13)15/h3-9H2,1-2H3. The van der Waals surface area contributed by atoms with E-state index in [1.807, 2.05) is 0 Å². The average Bonchev–Trinajstić information content (AvgIpc) is 2.28. The van der Waals surface area contributed by atoms with Gasteiger partial charge in [-0.3, -0.25) is 14.4 Å². The molecule has 1 atom stereocenters. The molecule has 0 aromatic rings. The molecular formula is C13H20O4. The second-order valence-electron chi connectivity index (χ2n) is 4.57. The lowest BCUT2D eigenvalue weighted by molar-refractivity contribution is -0.147. The Morgan fingerprint density at radius 1 is 1.35 bits per heavy atom. The van der Waals surface area contributed by atoms with Crippen LogP contribution in [0.3, 0.4) is 0 Å². The van der Waals surface area contributed by atoms with Crippen molar-refractivity contribution in [3.63, 3.8) is 0 Å². The van der Waals surface area contributed by atoms with Gasteiger partial charge >= 0.3 is 5.97 Å². The van der Waals surface area contributed by atoms with E-state index in [2.05, 4.69) is 0 Å². The Balaban J connectivity index is 2.68. The van der Waals surface area contributed by atoms with Crippen molar-refractivity contribution in [2.75, 3.05) is 6.61 Å². The topological polar surface area (TPSA) is 60.4 Å². The van der Waals surface area contributed by atoms with Gasteiger partial charge in [0.25, 0.3) is 0 Å². The number of Topliss-reactive ketones (excluding diaryl/α,β-unsaturated/α-hetero) is 2. The molecule has 0 aromatic carbocycles. The molecule has 1 unspecified atom stereocenters. The van der Waals surface area contributed by atoms with Gasteiger partial charge in [0.2, 0.25) is 0 Å². The fourth-order valence-electron chi connectivity index (χ4n) is 2.45. The maximum atomic E-state index is 12.0. The SMILES string of the molecule is CCOC(=O)CCC1(C(C)=O)CCCCC1=O. The first-order chi connectivity index (χ1) is 8.03. The molecule has 0 heterocycles. The summed E-state index contributed by atoms with van der Waals surface area (Å²) < 4.78 is 4.83. The molecule has 17 heavy (non-hydrogen) atoms. The molecular weight excluding hydrogens is 220 g/mol. The monoisotopic (exact) mass is 240 g/mol. The van der Waals surface area contributed by atoms with Gasteiger partial charge in [0, 0.05) is 12.8 Å². The van der Waals surface area contributed by atoms with E-state index in [1.54, 1.807) is 6.92 Å². The van der Waals surface area contributed by atoms with Crippen molar-refractivity contribution in [1.82, 2.24) is 0 Å². The fraction of sp³-hybridized carbons (Fsp3) is 0.769. The number of hydrogen-bond donors (Lipinski definition) is 0. The summed E-state index contributed by atoms with van der Waals surface area (Å²) in [6.45, 7) is 3.53. The van der Waals surface area contributed by atoms with Crippen LogP contribution in [0.1, 0.15) is 52.4 Å². The van der Waals surface area contributed by atoms with Crippen LogP contribution in [-0.4, -0.2) is 24.1 Å². The first kappa shape index (κ1) is 13.9. The van der Waals surface area contributed by atoms with Crippen molar-refractivity contribution in [3.05, 3.63) is 0 Å². The van der Waals surface area contributed by atoms with Crippen LogP contribution >= 0.6 is 0 Å². The molecule has 1 fully saturated rings. The highest BCUT2D eigenvalue weighted by atomic mass is 16.5. The molecule has 0 radical (unpaired) electrons. The van der Waals surface area contributed by atoms with E-state index < -0.39 is 5.41 Å². The lowest BCUT2D eigenvalue weighted by Gasteiger charge is -2.33. The van der Waals surface area contributed by atoms with Gasteiger partial charge in [-0.2, -0.15) is 0 Å². The Labute approximate surface area is 102 Å². The Morgan fingerprint density at radius 2 is 2.06 bits per heavy atom. The van der Waals surface area contributed by atoms with Crippen molar-refractivity contribution in [2.45, 2.75) is 52.4 Å². The highest BCUT2D eigenvalue weighted by Gasteiger charge is 2.43. The smallest absolute Gasteiger partial charge is 0.305 e. The van der Waals surface area contributed by atoms with E-state index in [-0.39, 0.29) is 24.0 Å². The van der Waals surface area contributed by atoms with Crippen molar-refractivity contribution < 1.29 is 19.1 Å². The summed E-state index contributed by atoms with van der Waals surface area (Å²) in [7, 11) is 0. The molecule has 4 heteroatoms. The molecule has 0 aliphatic heterocycles. The first-order valence-electron chi connectivity index (χ1n) is 6.23. The van der Waals surface area contributed by atoms with Gasteiger partial charge in [0.05, 0.1) is 12.0 Å². The summed E-state index contributed by atoms with van der Waals surface area (Å²) in [6.07, 6.45) is 3.24. The summed E-state index contributed by atoms with van der Waals surface area (Å²) in [4.78, 5) is 35.0. The van der Waals surface area contributed by atoms with Gasteiger partial charge in [-0.1, -0.05) is 6.42 Å². The first-order valence-corrected chi connectivity index (χ1v) is 6.23. The lowest BCUT2D eigenvalue weighted by atomic mass is 9.68. The molecule has 1 aliphatic rings. The Kier molecular flexibility index (Phi) is 4.85. The van der Waals surface area contributed by atoms with E-state index in [0.29, 0.717) is 25.9 Å². The van der Waals surface area contributed by atoms with E-state index in [4.69, 9.17) is 4.74 Å². The predicted octanol–water partition coefficient (Wildman–Crippen LogP) is 2.05. The molecule has 96 valence electrons.